The maximum absolute atomic E-state index is 14.0. The van der Waals surface area contributed by atoms with Crippen molar-refractivity contribution in [2.45, 2.75) is 90.8 Å². The third-order valence-corrected chi connectivity index (χ3v) is 5.15. The summed E-state index contributed by atoms with van der Waals surface area (Å²) in [5.74, 6) is -0.946. The molecule has 1 rings (SSSR count). The first-order chi connectivity index (χ1) is 10.9. The number of carbonyl (C=O) groups is 1. The van der Waals surface area contributed by atoms with E-state index in [0.29, 0.717) is 25.7 Å². The van der Waals surface area contributed by atoms with E-state index in [1.165, 1.54) is 0 Å². The summed E-state index contributed by atoms with van der Waals surface area (Å²) in [6.07, 6.45) is 3.79. The molecule has 1 aliphatic rings. The van der Waals surface area contributed by atoms with Gasteiger partial charge in [0, 0.05) is 0 Å². The van der Waals surface area contributed by atoms with Gasteiger partial charge in [0.15, 0.2) is 0 Å². The van der Waals surface area contributed by atoms with Crippen LogP contribution >= 0.6 is 0 Å². The van der Waals surface area contributed by atoms with Crippen LogP contribution in [0.3, 0.4) is 0 Å². The minimum absolute atomic E-state index is 0.0730. The Balaban J connectivity index is 2.99. The predicted octanol–water partition coefficient (Wildman–Crippen LogP) is 5.81. The lowest BCUT2D eigenvalue weighted by molar-refractivity contribution is -0.966. The van der Waals surface area contributed by atoms with Crippen molar-refractivity contribution in [3.8, 4) is 0 Å². The molecule has 1 saturated carbocycles. The van der Waals surface area contributed by atoms with Crippen LogP contribution in [0.5, 0.6) is 0 Å². The Bertz CT molecular complexity index is 339. The number of alkyl halides is 3. The van der Waals surface area contributed by atoms with Crippen molar-refractivity contribution >= 4 is 5.91 Å². The van der Waals surface area contributed by atoms with Crippen molar-refractivity contribution in [2.24, 2.45) is 5.92 Å². The van der Waals surface area contributed by atoms with E-state index in [9.17, 15) is 18.0 Å². The van der Waals surface area contributed by atoms with E-state index in [-0.39, 0.29) is 13.1 Å². The molecule has 0 unspecified atom stereocenters. The van der Waals surface area contributed by atoms with Gasteiger partial charge in [-0.05, 0) is 38.5 Å². The molecule has 1 amide bonds. The molecule has 0 spiro atoms. The fourth-order valence-corrected chi connectivity index (χ4v) is 3.67. The van der Waals surface area contributed by atoms with Gasteiger partial charge in [-0.3, -0.25) is 0 Å². The smallest absolute Gasteiger partial charge is 0.230 e. The number of hydrogen-bond donors (Lipinski definition) is 0. The van der Waals surface area contributed by atoms with Gasteiger partial charge in [-0.25, -0.2) is 4.79 Å². The molecule has 0 atom stereocenters. The Morgan fingerprint density at radius 3 is 1.78 bits per heavy atom. The van der Waals surface area contributed by atoms with Gasteiger partial charge in [-0.15, -0.1) is 13.2 Å². The first kappa shape index (κ1) is 20.5. The average Bonchev–Trinajstić information content (AvgIpc) is 2.53. The molecule has 0 bridgehead atoms. The summed E-state index contributed by atoms with van der Waals surface area (Å²) in [4.78, 5) is 12.9. The highest BCUT2D eigenvalue weighted by molar-refractivity contribution is 5.72. The standard InChI is InChI=1S/C18H33F3NO/c1-3-5-10-14-22(18(19,20)21,15-11-6-4-2)17(23)16-12-8-7-9-13-16/h16H,3-15H2,1-2H3/q+1. The van der Waals surface area contributed by atoms with Gasteiger partial charge >= 0.3 is 12.2 Å². The lowest BCUT2D eigenvalue weighted by atomic mass is 9.87. The molecule has 0 aliphatic heterocycles. The summed E-state index contributed by atoms with van der Waals surface area (Å²) >= 11 is 0. The monoisotopic (exact) mass is 336 g/mol. The van der Waals surface area contributed by atoms with Crippen LogP contribution in [-0.2, 0) is 4.79 Å². The number of halogens is 3. The molecule has 0 aromatic carbocycles. The molecule has 2 nitrogen and oxygen atoms in total. The van der Waals surface area contributed by atoms with E-state index in [2.05, 4.69) is 0 Å². The van der Waals surface area contributed by atoms with Crippen molar-refractivity contribution in [3.05, 3.63) is 0 Å². The third-order valence-electron chi connectivity index (χ3n) is 5.15. The zero-order chi connectivity index (χ0) is 17.3. The second kappa shape index (κ2) is 9.65. The first-order valence-electron chi connectivity index (χ1n) is 9.37. The van der Waals surface area contributed by atoms with E-state index < -0.39 is 22.6 Å². The van der Waals surface area contributed by atoms with Crippen LogP contribution in [0.1, 0.15) is 84.5 Å². The lowest BCUT2D eigenvalue weighted by Crippen LogP contribution is -2.64. The van der Waals surface area contributed by atoms with Crippen molar-refractivity contribution < 1.29 is 22.4 Å². The fourth-order valence-electron chi connectivity index (χ4n) is 3.67. The summed E-state index contributed by atoms with van der Waals surface area (Å²) in [5.41, 5.74) is 0. The van der Waals surface area contributed by atoms with Gasteiger partial charge in [0.05, 0.1) is 19.0 Å². The number of rotatable bonds is 9. The molecule has 23 heavy (non-hydrogen) atoms. The fraction of sp³-hybridized carbons (Fsp3) is 0.944. The van der Waals surface area contributed by atoms with Crippen molar-refractivity contribution in [3.63, 3.8) is 0 Å². The van der Waals surface area contributed by atoms with Crippen molar-refractivity contribution in [1.29, 1.82) is 0 Å². The number of hydrogen-bond acceptors (Lipinski definition) is 1. The second-order valence-electron chi connectivity index (χ2n) is 6.97. The highest BCUT2D eigenvalue weighted by atomic mass is 19.4. The van der Waals surface area contributed by atoms with Crippen LogP contribution in [-0.4, -0.2) is 29.8 Å². The zero-order valence-corrected chi connectivity index (χ0v) is 14.8. The predicted molar refractivity (Wildman–Crippen MR) is 86.7 cm³/mol. The quantitative estimate of drug-likeness (QED) is 0.295. The summed E-state index contributed by atoms with van der Waals surface area (Å²) < 4.78 is 40.7. The van der Waals surface area contributed by atoms with Crippen molar-refractivity contribution in [2.75, 3.05) is 13.1 Å². The molecule has 5 heteroatoms. The summed E-state index contributed by atoms with van der Waals surface area (Å²) in [6, 6.07) is 0. The number of nitrogens with zero attached hydrogens (tertiary/aromatic N) is 1. The summed E-state index contributed by atoms with van der Waals surface area (Å²) in [7, 11) is 0. The maximum atomic E-state index is 14.0. The van der Waals surface area contributed by atoms with Crippen LogP contribution in [0.2, 0.25) is 0 Å². The van der Waals surface area contributed by atoms with E-state index in [1.807, 2.05) is 13.8 Å². The Labute approximate surface area is 139 Å². The van der Waals surface area contributed by atoms with Crippen LogP contribution in [0.25, 0.3) is 0 Å². The highest BCUT2D eigenvalue weighted by Crippen LogP contribution is 2.38. The third kappa shape index (κ3) is 5.47. The van der Waals surface area contributed by atoms with Gasteiger partial charge in [0.25, 0.3) is 0 Å². The molecule has 0 heterocycles. The topological polar surface area (TPSA) is 17.1 Å². The number of amides is 1. The summed E-state index contributed by atoms with van der Waals surface area (Å²) in [6.45, 7) is 3.80. The Morgan fingerprint density at radius 1 is 0.913 bits per heavy atom. The van der Waals surface area contributed by atoms with Gasteiger partial charge < -0.3 is 0 Å². The number of carbonyl (C=O) groups excluding carboxylic acids is 1. The Kier molecular flexibility index (Phi) is 8.59. The van der Waals surface area contributed by atoms with E-state index in [1.54, 1.807) is 0 Å². The van der Waals surface area contributed by atoms with Crippen LogP contribution in [0, 0.1) is 5.92 Å². The van der Waals surface area contributed by atoms with E-state index in [4.69, 9.17) is 0 Å². The van der Waals surface area contributed by atoms with Gasteiger partial charge in [-0.1, -0.05) is 46.0 Å². The normalized spacial score (nSPS) is 17.4. The van der Waals surface area contributed by atoms with E-state index in [0.717, 1.165) is 44.9 Å². The lowest BCUT2D eigenvalue weighted by Gasteiger charge is -2.39. The minimum atomic E-state index is -4.48. The maximum Gasteiger partial charge on any atom is 0.568 e. The molecule has 0 aromatic heterocycles. The molecule has 0 aromatic rings. The number of quaternary nitrogens is 1. The molecule has 1 fully saturated rings. The second-order valence-corrected chi connectivity index (χ2v) is 6.97. The first-order valence-corrected chi connectivity index (χ1v) is 9.37. The van der Waals surface area contributed by atoms with Gasteiger partial charge in [-0.2, -0.15) is 4.48 Å². The molecule has 1 aliphatic carbocycles. The van der Waals surface area contributed by atoms with Crippen LogP contribution < -0.4 is 0 Å². The Hall–Kier alpha value is -0.580. The zero-order valence-electron chi connectivity index (χ0n) is 14.8. The van der Waals surface area contributed by atoms with Gasteiger partial charge in [0.1, 0.15) is 0 Å². The van der Waals surface area contributed by atoms with Gasteiger partial charge in [0.2, 0.25) is 0 Å². The summed E-state index contributed by atoms with van der Waals surface area (Å²) in [5, 5.41) is 0. The largest absolute Gasteiger partial charge is 0.568 e. The van der Waals surface area contributed by atoms with E-state index >= 15 is 0 Å². The van der Waals surface area contributed by atoms with Crippen LogP contribution in [0.4, 0.5) is 13.2 Å². The molecular weight excluding hydrogens is 303 g/mol. The Morgan fingerprint density at radius 2 is 1.39 bits per heavy atom. The SMILES string of the molecule is CCCCC[N+](CCCCC)(C(=O)C1CCCCC1)C(F)(F)F. The average molecular weight is 336 g/mol. The molecule has 0 N–H and O–H groups in total. The van der Waals surface area contributed by atoms with Crippen molar-refractivity contribution in [1.82, 2.24) is 0 Å². The molecule has 136 valence electrons. The minimum Gasteiger partial charge on any atom is -0.230 e. The van der Waals surface area contributed by atoms with Crippen LogP contribution in [0.15, 0.2) is 0 Å². The molecular formula is C18H33F3NO+. The highest BCUT2D eigenvalue weighted by Gasteiger charge is 2.60. The number of unbranched alkanes of at least 4 members (excludes halogenated alkanes) is 4. The molecule has 0 radical (unpaired) electrons. The molecule has 0 saturated heterocycles.